The molecule has 3 atom stereocenters. The Bertz CT molecular complexity index is 444. The van der Waals surface area contributed by atoms with E-state index in [1.54, 1.807) is 0 Å². The van der Waals surface area contributed by atoms with E-state index < -0.39 is 17.7 Å². The number of thioether (sulfide) groups is 1. The molecule has 2 nitrogen and oxygen atoms in total. The van der Waals surface area contributed by atoms with Gasteiger partial charge in [0.2, 0.25) is 0 Å². The maximum absolute atomic E-state index is 13.1. The van der Waals surface area contributed by atoms with E-state index in [9.17, 15) is 13.9 Å². The summed E-state index contributed by atoms with van der Waals surface area (Å²) in [6.45, 7) is 0.372. The molecule has 1 fully saturated rings. The molecule has 2 N–H and O–H groups in total. The molecule has 0 spiro atoms. The Kier molecular flexibility index (Phi) is 5.81. The summed E-state index contributed by atoms with van der Waals surface area (Å²) in [5.41, 5.74) is 0.411. The van der Waals surface area contributed by atoms with Gasteiger partial charge in [-0.3, -0.25) is 0 Å². The van der Waals surface area contributed by atoms with Crippen molar-refractivity contribution >= 4 is 11.8 Å². The van der Waals surface area contributed by atoms with Crippen LogP contribution >= 0.6 is 11.8 Å². The number of hydrogen-bond acceptors (Lipinski definition) is 3. The maximum atomic E-state index is 13.1. The topological polar surface area (TPSA) is 32.3 Å². The van der Waals surface area contributed by atoms with Gasteiger partial charge in [0.15, 0.2) is 11.6 Å². The highest BCUT2D eigenvalue weighted by atomic mass is 32.2. The van der Waals surface area contributed by atoms with Gasteiger partial charge in [0.25, 0.3) is 0 Å². The van der Waals surface area contributed by atoms with E-state index in [2.05, 4.69) is 11.6 Å². The van der Waals surface area contributed by atoms with Crippen LogP contribution in [0.5, 0.6) is 0 Å². The summed E-state index contributed by atoms with van der Waals surface area (Å²) in [7, 11) is 0. The predicted octanol–water partition coefficient (Wildman–Crippen LogP) is 3.26. The van der Waals surface area contributed by atoms with Crippen LogP contribution in [-0.4, -0.2) is 29.2 Å². The van der Waals surface area contributed by atoms with Crippen LogP contribution < -0.4 is 5.32 Å². The first-order valence-corrected chi connectivity index (χ1v) is 8.28. The van der Waals surface area contributed by atoms with Crippen molar-refractivity contribution in [2.75, 3.05) is 12.8 Å². The first-order chi connectivity index (χ1) is 9.60. The fourth-order valence-corrected chi connectivity index (χ4v) is 3.49. The lowest BCUT2D eigenvalue weighted by Crippen LogP contribution is -2.37. The number of hydrogen-bond donors (Lipinski definition) is 2. The minimum atomic E-state index is -0.915. The second-order valence-corrected chi connectivity index (χ2v) is 6.46. The molecule has 5 heteroatoms. The summed E-state index contributed by atoms with van der Waals surface area (Å²) < 4.78 is 26.0. The van der Waals surface area contributed by atoms with Crippen LogP contribution in [0.25, 0.3) is 0 Å². The van der Waals surface area contributed by atoms with Gasteiger partial charge >= 0.3 is 0 Å². The Morgan fingerprint density at radius 1 is 1.35 bits per heavy atom. The predicted molar refractivity (Wildman–Crippen MR) is 78.9 cm³/mol. The lowest BCUT2D eigenvalue weighted by atomic mass is 9.94. The normalized spacial score (nSPS) is 24.6. The van der Waals surface area contributed by atoms with Crippen molar-refractivity contribution in [3.8, 4) is 0 Å². The highest BCUT2D eigenvalue weighted by molar-refractivity contribution is 7.99. The van der Waals surface area contributed by atoms with Crippen molar-refractivity contribution in [1.29, 1.82) is 0 Å². The summed E-state index contributed by atoms with van der Waals surface area (Å²) in [4.78, 5) is 0. The Labute approximate surface area is 123 Å². The van der Waals surface area contributed by atoms with Crippen LogP contribution in [0.1, 0.15) is 37.4 Å². The molecule has 0 radical (unpaired) electrons. The smallest absolute Gasteiger partial charge is 0.159 e. The van der Waals surface area contributed by atoms with Crippen molar-refractivity contribution in [3.05, 3.63) is 35.4 Å². The molecule has 0 bridgehead atoms. The lowest BCUT2D eigenvalue weighted by Gasteiger charge is -2.29. The van der Waals surface area contributed by atoms with Crippen molar-refractivity contribution < 1.29 is 13.9 Å². The first kappa shape index (κ1) is 15.7. The number of nitrogens with one attached hydrogen (secondary N) is 1. The third-order valence-corrected chi connectivity index (χ3v) is 4.98. The standard InChI is InChI=1S/C15H21F2NOS/c1-20-12-4-2-3-11(8-12)18-9-15(19)10-5-6-13(16)14(17)7-10/h5-7,11-12,15,18-19H,2-4,8-9H2,1H3. The summed E-state index contributed by atoms with van der Waals surface area (Å²) in [5, 5.41) is 14.1. The SMILES string of the molecule is CSC1CCCC(NCC(O)c2ccc(F)c(F)c2)C1. The van der Waals surface area contributed by atoms with E-state index in [0.29, 0.717) is 23.4 Å². The fourth-order valence-electron chi connectivity index (χ4n) is 2.66. The second kappa shape index (κ2) is 7.38. The van der Waals surface area contributed by atoms with Gasteiger partial charge in [0.1, 0.15) is 0 Å². The summed E-state index contributed by atoms with van der Waals surface area (Å²) in [6, 6.07) is 3.95. The third-order valence-electron chi connectivity index (χ3n) is 3.89. The number of halogens is 2. The van der Waals surface area contributed by atoms with Crippen LogP contribution in [0.2, 0.25) is 0 Å². The molecule has 1 aromatic carbocycles. The minimum absolute atomic E-state index is 0.372. The summed E-state index contributed by atoms with van der Waals surface area (Å²) >= 11 is 1.89. The Morgan fingerprint density at radius 3 is 2.85 bits per heavy atom. The molecule has 1 saturated carbocycles. The van der Waals surface area contributed by atoms with Crippen LogP contribution in [0, 0.1) is 11.6 Å². The quantitative estimate of drug-likeness (QED) is 0.875. The van der Waals surface area contributed by atoms with Crippen molar-refractivity contribution in [2.24, 2.45) is 0 Å². The van der Waals surface area contributed by atoms with Gasteiger partial charge in [0.05, 0.1) is 6.10 Å². The van der Waals surface area contributed by atoms with Gasteiger partial charge in [-0.05, 0) is 43.2 Å². The fraction of sp³-hybridized carbons (Fsp3) is 0.600. The largest absolute Gasteiger partial charge is 0.387 e. The van der Waals surface area contributed by atoms with E-state index in [4.69, 9.17) is 0 Å². The molecule has 0 aliphatic heterocycles. The molecular formula is C15H21F2NOS. The van der Waals surface area contributed by atoms with Crippen molar-refractivity contribution in [2.45, 2.75) is 43.1 Å². The molecular weight excluding hydrogens is 280 g/mol. The maximum Gasteiger partial charge on any atom is 0.159 e. The Hall–Kier alpha value is -0.650. The van der Waals surface area contributed by atoms with Crippen molar-refractivity contribution in [1.82, 2.24) is 5.32 Å². The molecule has 2 rings (SSSR count). The Balaban J connectivity index is 1.85. The first-order valence-electron chi connectivity index (χ1n) is 6.99. The van der Waals surface area contributed by atoms with E-state index in [1.807, 2.05) is 11.8 Å². The van der Waals surface area contributed by atoms with Crippen LogP contribution in [0.3, 0.4) is 0 Å². The summed E-state index contributed by atoms with van der Waals surface area (Å²) in [5.74, 6) is -1.80. The monoisotopic (exact) mass is 301 g/mol. The van der Waals surface area contributed by atoms with E-state index in [1.165, 1.54) is 18.9 Å². The summed E-state index contributed by atoms with van der Waals surface area (Å²) in [6.07, 6.45) is 5.99. The number of rotatable bonds is 5. The molecule has 112 valence electrons. The highest BCUT2D eigenvalue weighted by Crippen LogP contribution is 2.27. The van der Waals surface area contributed by atoms with Gasteiger partial charge in [-0.1, -0.05) is 12.5 Å². The zero-order chi connectivity index (χ0) is 14.5. The molecule has 3 unspecified atom stereocenters. The van der Waals surface area contributed by atoms with E-state index in [-0.39, 0.29) is 0 Å². The van der Waals surface area contributed by atoms with Crippen LogP contribution in [0.4, 0.5) is 8.78 Å². The zero-order valence-electron chi connectivity index (χ0n) is 11.6. The highest BCUT2D eigenvalue weighted by Gasteiger charge is 2.21. The molecule has 0 aromatic heterocycles. The van der Waals surface area contributed by atoms with Gasteiger partial charge in [-0.2, -0.15) is 11.8 Å². The molecule has 0 saturated heterocycles. The number of benzene rings is 1. The zero-order valence-corrected chi connectivity index (χ0v) is 12.4. The van der Waals surface area contributed by atoms with Gasteiger partial charge in [0, 0.05) is 17.8 Å². The molecule has 0 amide bonds. The lowest BCUT2D eigenvalue weighted by molar-refractivity contribution is 0.165. The molecule has 1 aromatic rings. The van der Waals surface area contributed by atoms with E-state index >= 15 is 0 Å². The van der Waals surface area contributed by atoms with Crippen LogP contribution in [0.15, 0.2) is 18.2 Å². The molecule has 1 aliphatic carbocycles. The van der Waals surface area contributed by atoms with E-state index in [0.717, 1.165) is 25.0 Å². The molecule has 0 heterocycles. The second-order valence-electron chi connectivity index (χ2n) is 5.32. The van der Waals surface area contributed by atoms with Crippen LogP contribution in [-0.2, 0) is 0 Å². The van der Waals surface area contributed by atoms with Crippen molar-refractivity contribution in [3.63, 3.8) is 0 Å². The molecule has 1 aliphatic rings. The number of aliphatic hydroxyl groups excluding tert-OH is 1. The molecule has 20 heavy (non-hydrogen) atoms. The van der Waals surface area contributed by atoms with Gasteiger partial charge < -0.3 is 10.4 Å². The minimum Gasteiger partial charge on any atom is -0.387 e. The van der Waals surface area contributed by atoms with Gasteiger partial charge in [-0.15, -0.1) is 0 Å². The number of aliphatic hydroxyl groups is 1. The third kappa shape index (κ3) is 4.17. The average molecular weight is 301 g/mol. The van der Waals surface area contributed by atoms with Gasteiger partial charge in [-0.25, -0.2) is 8.78 Å². The Morgan fingerprint density at radius 2 is 2.15 bits per heavy atom. The average Bonchev–Trinajstić information content (AvgIpc) is 2.47.